The molecule has 2 nitrogen and oxygen atoms in total. The Hall–Kier alpha value is -0.0300. The molecule has 1 unspecified atom stereocenters. The fourth-order valence-electron chi connectivity index (χ4n) is 1.93. The molecular formula is C13H21NOS2. The van der Waals surface area contributed by atoms with Gasteiger partial charge in [0.2, 0.25) is 0 Å². The van der Waals surface area contributed by atoms with Crippen LogP contribution in [-0.2, 0) is 11.3 Å². The Bertz CT molecular complexity index is 321. The van der Waals surface area contributed by atoms with Gasteiger partial charge in [-0.25, -0.2) is 0 Å². The molecule has 1 atom stereocenters. The summed E-state index contributed by atoms with van der Waals surface area (Å²) >= 11 is 3.89. The van der Waals surface area contributed by atoms with Crippen molar-refractivity contribution in [1.82, 2.24) is 5.32 Å². The largest absolute Gasteiger partial charge is 0.377 e. The first kappa shape index (κ1) is 13.4. The maximum atomic E-state index is 5.59. The number of aryl methyl sites for hydroxylation is 1. The molecule has 0 aromatic carbocycles. The lowest BCUT2D eigenvalue weighted by molar-refractivity contribution is 0.129. The van der Waals surface area contributed by atoms with Gasteiger partial charge < -0.3 is 10.1 Å². The summed E-state index contributed by atoms with van der Waals surface area (Å²) in [6.45, 7) is 5.24. The number of hydrogen-bond acceptors (Lipinski definition) is 4. The predicted molar refractivity (Wildman–Crippen MR) is 77.1 cm³/mol. The molecule has 2 rings (SSSR count). The van der Waals surface area contributed by atoms with Gasteiger partial charge >= 0.3 is 0 Å². The van der Waals surface area contributed by atoms with Gasteiger partial charge in [0.1, 0.15) is 0 Å². The lowest BCUT2D eigenvalue weighted by atomic mass is 10.3. The Morgan fingerprint density at radius 1 is 1.53 bits per heavy atom. The molecule has 1 aliphatic heterocycles. The van der Waals surface area contributed by atoms with E-state index in [1.54, 1.807) is 0 Å². The Labute approximate surface area is 112 Å². The summed E-state index contributed by atoms with van der Waals surface area (Å²) in [5.74, 6) is 2.35. The van der Waals surface area contributed by atoms with Gasteiger partial charge in [-0.1, -0.05) is 0 Å². The number of rotatable bonds is 7. The minimum absolute atomic E-state index is 0.528. The number of hydrogen-bond donors (Lipinski definition) is 1. The molecule has 1 N–H and O–H groups in total. The summed E-state index contributed by atoms with van der Waals surface area (Å²) in [4.78, 5) is 2.83. The van der Waals surface area contributed by atoms with E-state index < -0.39 is 0 Å². The van der Waals surface area contributed by atoms with Gasteiger partial charge in [0, 0.05) is 41.0 Å². The van der Waals surface area contributed by atoms with Gasteiger partial charge in [0.25, 0.3) is 0 Å². The Kier molecular flexibility index (Phi) is 5.85. The number of ether oxygens (including phenoxy) is 1. The molecule has 0 radical (unpaired) electrons. The van der Waals surface area contributed by atoms with Crippen LogP contribution in [0.15, 0.2) is 12.1 Å². The van der Waals surface area contributed by atoms with Crippen LogP contribution in [0.25, 0.3) is 0 Å². The molecule has 0 bridgehead atoms. The van der Waals surface area contributed by atoms with E-state index in [-0.39, 0.29) is 0 Å². The van der Waals surface area contributed by atoms with Gasteiger partial charge in [0.05, 0.1) is 6.10 Å². The van der Waals surface area contributed by atoms with Crippen molar-refractivity contribution in [3.8, 4) is 0 Å². The lowest BCUT2D eigenvalue weighted by Gasteiger charge is -2.08. The molecule has 0 amide bonds. The van der Waals surface area contributed by atoms with Crippen molar-refractivity contribution < 1.29 is 4.74 Å². The fourth-order valence-corrected chi connectivity index (χ4v) is 3.77. The van der Waals surface area contributed by atoms with Crippen molar-refractivity contribution in [1.29, 1.82) is 0 Å². The van der Waals surface area contributed by atoms with Crippen LogP contribution < -0.4 is 5.32 Å². The van der Waals surface area contributed by atoms with Crippen LogP contribution in [-0.4, -0.2) is 30.8 Å². The van der Waals surface area contributed by atoms with Crippen molar-refractivity contribution in [2.75, 3.05) is 24.7 Å². The molecule has 17 heavy (non-hydrogen) atoms. The number of thiophene rings is 1. The second-order valence-electron chi connectivity index (χ2n) is 4.40. The second kappa shape index (κ2) is 7.41. The minimum Gasteiger partial charge on any atom is -0.377 e. The zero-order valence-corrected chi connectivity index (χ0v) is 12.0. The molecule has 4 heteroatoms. The molecule has 1 aromatic heterocycles. The van der Waals surface area contributed by atoms with E-state index >= 15 is 0 Å². The summed E-state index contributed by atoms with van der Waals surface area (Å²) in [7, 11) is 0. The van der Waals surface area contributed by atoms with Crippen molar-refractivity contribution >= 4 is 23.1 Å². The second-order valence-corrected chi connectivity index (χ2v) is 6.92. The van der Waals surface area contributed by atoms with E-state index in [0.717, 1.165) is 19.7 Å². The standard InChI is InChI=1S/C13H21NOS2/c1-11-4-5-13(17-11)9-14-6-8-16-10-12-3-2-7-15-12/h4-5,12,14H,2-3,6-10H2,1H3. The molecule has 0 spiro atoms. The molecule has 2 heterocycles. The van der Waals surface area contributed by atoms with Gasteiger partial charge in [0.15, 0.2) is 0 Å². The van der Waals surface area contributed by atoms with Crippen molar-refractivity contribution in [3.63, 3.8) is 0 Å². The van der Waals surface area contributed by atoms with Crippen molar-refractivity contribution in [2.45, 2.75) is 32.4 Å². The van der Waals surface area contributed by atoms with Crippen LogP contribution in [0.3, 0.4) is 0 Å². The van der Waals surface area contributed by atoms with E-state index in [0.29, 0.717) is 6.10 Å². The Balaban J connectivity index is 1.46. The van der Waals surface area contributed by atoms with Crippen LogP contribution in [0.4, 0.5) is 0 Å². The average molecular weight is 271 g/mol. The summed E-state index contributed by atoms with van der Waals surface area (Å²) < 4.78 is 5.59. The third-order valence-corrected chi connectivity index (χ3v) is 4.95. The van der Waals surface area contributed by atoms with E-state index in [4.69, 9.17) is 4.74 Å². The number of thioether (sulfide) groups is 1. The quantitative estimate of drug-likeness (QED) is 0.770. The molecule has 0 aliphatic carbocycles. The van der Waals surface area contributed by atoms with Crippen LogP contribution >= 0.6 is 23.1 Å². The zero-order valence-electron chi connectivity index (χ0n) is 10.4. The molecule has 1 aromatic rings. The summed E-state index contributed by atoms with van der Waals surface area (Å²) in [5, 5.41) is 3.49. The number of nitrogens with one attached hydrogen (secondary N) is 1. The topological polar surface area (TPSA) is 21.3 Å². The summed E-state index contributed by atoms with van der Waals surface area (Å²) in [5.41, 5.74) is 0. The van der Waals surface area contributed by atoms with E-state index in [1.807, 2.05) is 23.1 Å². The summed E-state index contributed by atoms with van der Waals surface area (Å²) in [6, 6.07) is 4.40. The Morgan fingerprint density at radius 3 is 3.18 bits per heavy atom. The van der Waals surface area contributed by atoms with E-state index in [9.17, 15) is 0 Å². The van der Waals surface area contributed by atoms with Gasteiger partial charge in [-0.15, -0.1) is 11.3 Å². The highest BCUT2D eigenvalue weighted by Gasteiger charge is 2.14. The first-order chi connectivity index (χ1) is 8.34. The minimum atomic E-state index is 0.528. The normalized spacial score (nSPS) is 19.9. The van der Waals surface area contributed by atoms with Crippen LogP contribution in [0.2, 0.25) is 0 Å². The van der Waals surface area contributed by atoms with Gasteiger partial charge in [-0.2, -0.15) is 11.8 Å². The lowest BCUT2D eigenvalue weighted by Crippen LogP contribution is -2.17. The molecule has 1 fully saturated rings. The highest BCUT2D eigenvalue weighted by molar-refractivity contribution is 7.99. The van der Waals surface area contributed by atoms with E-state index in [2.05, 4.69) is 24.4 Å². The van der Waals surface area contributed by atoms with Crippen LogP contribution in [0.5, 0.6) is 0 Å². The first-order valence-electron chi connectivity index (χ1n) is 6.30. The maximum Gasteiger partial charge on any atom is 0.0666 e. The van der Waals surface area contributed by atoms with Crippen LogP contribution in [0.1, 0.15) is 22.6 Å². The van der Waals surface area contributed by atoms with Gasteiger partial charge in [-0.05, 0) is 31.9 Å². The van der Waals surface area contributed by atoms with Gasteiger partial charge in [-0.3, -0.25) is 0 Å². The SMILES string of the molecule is Cc1ccc(CNCCSCC2CCCO2)s1. The van der Waals surface area contributed by atoms with E-state index in [1.165, 1.54) is 34.1 Å². The monoisotopic (exact) mass is 271 g/mol. The molecule has 1 aliphatic rings. The molecular weight excluding hydrogens is 250 g/mol. The molecule has 1 saturated heterocycles. The maximum absolute atomic E-state index is 5.59. The van der Waals surface area contributed by atoms with Crippen molar-refractivity contribution in [3.05, 3.63) is 21.9 Å². The zero-order chi connectivity index (χ0) is 11.9. The summed E-state index contributed by atoms with van der Waals surface area (Å²) in [6.07, 6.45) is 3.04. The third-order valence-electron chi connectivity index (χ3n) is 2.85. The highest BCUT2D eigenvalue weighted by Crippen LogP contribution is 2.17. The molecule has 96 valence electrons. The average Bonchev–Trinajstić information content (AvgIpc) is 2.95. The van der Waals surface area contributed by atoms with Crippen molar-refractivity contribution in [2.24, 2.45) is 0 Å². The van der Waals surface area contributed by atoms with Crippen LogP contribution in [0, 0.1) is 6.92 Å². The Morgan fingerprint density at radius 2 is 2.47 bits per heavy atom. The molecule has 0 saturated carbocycles. The third kappa shape index (κ3) is 5.00. The first-order valence-corrected chi connectivity index (χ1v) is 8.27. The highest BCUT2D eigenvalue weighted by atomic mass is 32.2. The fraction of sp³-hybridized carbons (Fsp3) is 0.692. The smallest absolute Gasteiger partial charge is 0.0666 e. The predicted octanol–water partition coefficient (Wildman–Crippen LogP) is 3.06.